The van der Waals surface area contributed by atoms with Gasteiger partial charge in [0.15, 0.2) is 0 Å². The fourth-order valence-electron chi connectivity index (χ4n) is 3.52. The van der Waals surface area contributed by atoms with Crippen LogP contribution in [0, 0.1) is 0 Å². The summed E-state index contributed by atoms with van der Waals surface area (Å²) in [6.07, 6.45) is 3.06. The van der Waals surface area contributed by atoms with Crippen molar-refractivity contribution in [1.82, 2.24) is 0 Å². The molecule has 0 amide bonds. The molecule has 1 heterocycles. The van der Waals surface area contributed by atoms with Crippen LogP contribution in [0.4, 0.5) is 5.69 Å². The van der Waals surface area contributed by atoms with Gasteiger partial charge in [-0.3, -0.25) is 12.9 Å². The van der Waals surface area contributed by atoms with Gasteiger partial charge in [-0.1, -0.05) is 0 Å². The molecule has 3 rings (SSSR count). The summed E-state index contributed by atoms with van der Waals surface area (Å²) < 4.78 is 91.1. The predicted octanol–water partition coefficient (Wildman–Crippen LogP) is 1.45. The third kappa shape index (κ3) is 4.96. The van der Waals surface area contributed by atoms with Gasteiger partial charge in [0.25, 0.3) is 30.4 Å². The molecule has 0 fully saturated rings. The third-order valence-corrected chi connectivity index (χ3v) is 8.40. The van der Waals surface area contributed by atoms with Crippen LogP contribution in [-0.2, 0) is 45.1 Å². The van der Waals surface area contributed by atoms with E-state index in [0.29, 0.717) is 30.2 Å². The van der Waals surface area contributed by atoms with Crippen LogP contribution in [0.1, 0.15) is 18.4 Å². The van der Waals surface area contributed by atoms with E-state index < -0.39 is 30.4 Å². The largest absolute Gasteiger partial charge is 0.297 e. The molecule has 2 aromatic rings. The Bertz CT molecular complexity index is 1380. The summed E-state index contributed by atoms with van der Waals surface area (Å²) in [5.41, 5.74) is 1.49. The quantitative estimate of drug-likeness (QED) is 0.238. The van der Waals surface area contributed by atoms with E-state index in [1.54, 1.807) is 12.1 Å². The van der Waals surface area contributed by atoms with Gasteiger partial charge in [-0.25, -0.2) is 4.58 Å². The summed E-state index contributed by atoms with van der Waals surface area (Å²) in [6.45, 7) is 0.479. The lowest BCUT2D eigenvalue weighted by Crippen LogP contribution is -2.10. The van der Waals surface area contributed by atoms with Crippen molar-refractivity contribution in [2.75, 3.05) is 26.5 Å². The molecule has 13 heteroatoms. The van der Waals surface area contributed by atoms with Crippen LogP contribution < -0.4 is 0 Å². The molecule has 0 aliphatic carbocycles. The minimum Gasteiger partial charge on any atom is -0.286 e. The first-order valence-corrected chi connectivity index (χ1v) is 13.6. The number of hydrogen-bond acceptors (Lipinski definition) is 8. The van der Waals surface area contributed by atoms with Crippen molar-refractivity contribution in [3.05, 3.63) is 29.8 Å². The van der Waals surface area contributed by atoms with Gasteiger partial charge in [0, 0.05) is 23.4 Å². The van der Waals surface area contributed by atoms with Gasteiger partial charge in [-0.15, -0.1) is 0 Å². The second-order valence-corrected chi connectivity index (χ2v) is 11.9. The highest BCUT2D eigenvalue weighted by atomic mass is 32.2. The molecule has 0 radical (unpaired) electrons. The molecule has 0 bridgehead atoms. The van der Waals surface area contributed by atoms with Gasteiger partial charge >= 0.3 is 0 Å². The molecule has 1 N–H and O–H groups in total. The maximum absolute atomic E-state index is 12.5. The topological polar surface area (TPSA) is 144 Å². The lowest BCUT2D eigenvalue weighted by atomic mass is 10.0. The second-order valence-electron chi connectivity index (χ2n) is 6.89. The molecule has 0 aromatic heterocycles. The number of unbranched alkanes of at least 4 members (excludes halogenated alkanes) is 1. The average molecular weight is 493 g/mol. The van der Waals surface area contributed by atoms with Crippen molar-refractivity contribution in [3.63, 3.8) is 0 Å². The van der Waals surface area contributed by atoms with Crippen LogP contribution in [0.3, 0.4) is 0 Å². The van der Waals surface area contributed by atoms with Crippen molar-refractivity contribution in [2.24, 2.45) is 0 Å². The number of hydrogen-bond donors (Lipinski definition) is 1. The lowest BCUT2D eigenvalue weighted by Gasteiger charge is -2.12. The monoisotopic (exact) mass is 492 g/mol. The first-order chi connectivity index (χ1) is 14.4. The normalized spacial score (nSPS) is 14.6. The Kier molecular flexibility index (Phi) is 6.56. The standard InChI is InChI=1S/C18H21NO9S3/c1-27-30(23,24)13-11-16-14-7-9-19(8-3-4-10-29(20,21)22)17(14)6-5-15(16)18(12-13)31(25,26)28-2/h5-6,9,11-12H,3-4,7-8,10H2,1-2H3/p+1. The highest BCUT2D eigenvalue weighted by Gasteiger charge is 2.29. The zero-order valence-corrected chi connectivity index (χ0v) is 19.3. The lowest BCUT2D eigenvalue weighted by molar-refractivity contribution is -0.433. The van der Waals surface area contributed by atoms with Crippen LogP contribution >= 0.6 is 0 Å². The fourth-order valence-corrected chi connectivity index (χ4v) is 5.78. The number of benzene rings is 2. The molecular weight excluding hydrogens is 470 g/mol. The highest BCUT2D eigenvalue weighted by molar-refractivity contribution is 7.87. The van der Waals surface area contributed by atoms with Gasteiger partial charge in [0.05, 0.1) is 31.3 Å². The zero-order valence-electron chi connectivity index (χ0n) is 16.8. The van der Waals surface area contributed by atoms with Gasteiger partial charge in [0.2, 0.25) is 5.69 Å². The Morgan fingerprint density at radius 1 is 0.935 bits per heavy atom. The van der Waals surface area contributed by atoms with Crippen molar-refractivity contribution in [2.45, 2.75) is 29.1 Å². The predicted molar refractivity (Wildman–Crippen MR) is 113 cm³/mol. The Labute approximate surface area is 181 Å². The first-order valence-electron chi connectivity index (χ1n) is 9.15. The van der Waals surface area contributed by atoms with Crippen molar-refractivity contribution < 1.29 is 42.7 Å². The fraction of sp³-hybridized carbons (Fsp3) is 0.389. The van der Waals surface area contributed by atoms with Crippen molar-refractivity contribution in [1.29, 1.82) is 0 Å². The molecule has 31 heavy (non-hydrogen) atoms. The van der Waals surface area contributed by atoms with E-state index in [2.05, 4.69) is 8.37 Å². The van der Waals surface area contributed by atoms with Crippen molar-refractivity contribution >= 4 is 53.0 Å². The van der Waals surface area contributed by atoms with E-state index in [4.69, 9.17) is 4.55 Å². The van der Waals surface area contributed by atoms with E-state index in [-0.39, 0.29) is 22.0 Å². The molecule has 10 nitrogen and oxygen atoms in total. The van der Waals surface area contributed by atoms with Crippen LogP contribution in [0.2, 0.25) is 0 Å². The van der Waals surface area contributed by atoms with E-state index in [1.807, 2.05) is 10.8 Å². The van der Waals surface area contributed by atoms with Crippen LogP contribution in [0.25, 0.3) is 10.8 Å². The molecule has 1 aliphatic rings. The summed E-state index contributed by atoms with van der Waals surface area (Å²) >= 11 is 0. The number of rotatable bonds is 9. The van der Waals surface area contributed by atoms with Gasteiger partial charge in [-0.2, -0.15) is 25.3 Å². The third-order valence-electron chi connectivity index (χ3n) is 5.03. The Morgan fingerprint density at radius 2 is 1.61 bits per heavy atom. The maximum atomic E-state index is 12.5. The molecule has 170 valence electrons. The van der Waals surface area contributed by atoms with E-state index >= 15 is 0 Å². The molecule has 1 aliphatic heterocycles. The van der Waals surface area contributed by atoms with E-state index in [9.17, 15) is 25.3 Å². The van der Waals surface area contributed by atoms with E-state index in [1.165, 1.54) is 6.07 Å². The summed E-state index contributed by atoms with van der Waals surface area (Å²) in [5, 5.41) is 0.750. The molecule has 0 saturated heterocycles. The average Bonchev–Trinajstić information content (AvgIpc) is 3.13. The Hall–Kier alpha value is -1.90. The smallest absolute Gasteiger partial charge is 0.286 e. The van der Waals surface area contributed by atoms with Crippen LogP contribution in [0.15, 0.2) is 34.1 Å². The minimum atomic E-state index is -4.20. The van der Waals surface area contributed by atoms with Gasteiger partial charge < -0.3 is 0 Å². The molecule has 0 saturated carbocycles. The first kappa shape index (κ1) is 23.8. The molecule has 0 unspecified atom stereocenters. The summed E-state index contributed by atoms with van der Waals surface area (Å²) in [4.78, 5) is -0.587. The molecule has 2 aromatic carbocycles. The maximum Gasteiger partial charge on any atom is 0.297 e. The van der Waals surface area contributed by atoms with Gasteiger partial charge in [-0.05, 0) is 30.0 Å². The summed E-state index contributed by atoms with van der Waals surface area (Å²) in [7, 11) is -10.4. The van der Waals surface area contributed by atoms with E-state index in [0.717, 1.165) is 31.5 Å². The molecule has 0 atom stereocenters. The minimum absolute atomic E-state index is 0.276. The SMILES string of the molecule is COS(=O)(=O)c1cc(S(=O)(=O)OC)c2ccc3c(c2c1)CC=[N+]3CCCCS(=O)(=O)O. The number of fused-ring (bicyclic) bond motifs is 3. The highest BCUT2D eigenvalue weighted by Crippen LogP contribution is 2.37. The van der Waals surface area contributed by atoms with Gasteiger partial charge in [0.1, 0.15) is 17.7 Å². The zero-order chi connectivity index (χ0) is 23.0. The second kappa shape index (κ2) is 8.56. The van der Waals surface area contributed by atoms with Crippen LogP contribution in [0.5, 0.6) is 0 Å². The molecular formula is C18H22NO9S3+. The van der Waals surface area contributed by atoms with Crippen molar-refractivity contribution in [3.8, 4) is 0 Å². The summed E-state index contributed by atoms with van der Waals surface area (Å²) in [5.74, 6) is -0.331. The Morgan fingerprint density at radius 3 is 2.23 bits per heavy atom. The Balaban J connectivity index is 2.08. The van der Waals surface area contributed by atoms with Crippen LogP contribution in [-0.4, -0.2) is 67.1 Å². The summed E-state index contributed by atoms with van der Waals surface area (Å²) in [6, 6.07) is 5.69. The number of nitrogens with zero attached hydrogens (tertiary/aromatic N) is 1. The molecule has 0 spiro atoms.